The highest BCUT2D eigenvalue weighted by molar-refractivity contribution is 8.00. The minimum absolute atomic E-state index is 0.0908. The maximum Gasteiger partial charge on any atom is 0.412 e. The predicted octanol–water partition coefficient (Wildman–Crippen LogP) is 8.56. The SMILES string of the molecule is C=CCOC12Oc3ccc(OC(=O)NCc4ccccc4)cc3C3C(CCCCO)C(CCCCO)C=C(C(=NOCc4ccccc4)CC1SCC)C32. The summed E-state index contributed by atoms with van der Waals surface area (Å²) >= 11 is 1.80. The lowest BCUT2D eigenvalue weighted by atomic mass is 9.56. The van der Waals surface area contributed by atoms with Crippen LogP contribution in [0.4, 0.5) is 4.79 Å². The molecule has 1 amide bonds. The van der Waals surface area contributed by atoms with Gasteiger partial charge in [0.25, 0.3) is 0 Å². The fraction of sp³-hybridized carbons (Fsp3) is 0.455. The van der Waals surface area contributed by atoms with Gasteiger partial charge in [-0.2, -0.15) is 11.8 Å². The van der Waals surface area contributed by atoms with E-state index in [0.717, 1.165) is 65.8 Å². The van der Waals surface area contributed by atoms with E-state index in [9.17, 15) is 15.0 Å². The van der Waals surface area contributed by atoms with Crippen molar-refractivity contribution >= 4 is 23.6 Å². The molecule has 3 aromatic carbocycles. The van der Waals surface area contributed by atoms with E-state index in [1.165, 1.54) is 0 Å². The van der Waals surface area contributed by atoms with E-state index < -0.39 is 11.9 Å². The molecule has 1 fully saturated rings. The number of nitrogens with one attached hydrogen (secondary N) is 1. The van der Waals surface area contributed by atoms with Gasteiger partial charge >= 0.3 is 6.09 Å². The Labute approximate surface area is 323 Å². The quantitative estimate of drug-likeness (QED) is 0.0633. The number of nitrogens with zero attached hydrogens (tertiary/aromatic N) is 1. The molecular weight excluding hydrogens is 701 g/mol. The van der Waals surface area contributed by atoms with Gasteiger partial charge in [-0.05, 0) is 78.2 Å². The fourth-order valence-electron chi connectivity index (χ4n) is 8.41. The number of aliphatic hydroxyl groups is 2. The first-order chi connectivity index (χ1) is 26.5. The van der Waals surface area contributed by atoms with E-state index in [1.807, 2.05) is 72.8 Å². The zero-order chi connectivity index (χ0) is 37.8. The lowest BCUT2D eigenvalue weighted by Crippen LogP contribution is -2.64. The molecular formula is C44H54N2O7S. The molecule has 6 unspecified atom stereocenters. The molecule has 288 valence electrons. The Balaban J connectivity index is 1.44. The van der Waals surface area contributed by atoms with E-state index in [1.54, 1.807) is 23.9 Å². The molecule has 54 heavy (non-hydrogen) atoms. The third kappa shape index (κ3) is 9.22. The summed E-state index contributed by atoms with van der Waals surface area (Å²) in [7, 11) is 0. The number of thioether (sulfide) groups is 1. The number of amides is 1. The summed E-state index contributed by atoms with van der Waals surface area (Å²) in [5, 5.41) is 27.3. The number of allylic oxidation sites excluding steroid dienone is 1. The fourth-order valence-corrected chi connectivity index (χ4v) is 9.59. The molecule has 1 heterocycles. The number of benzene rings is 3. The minimum atomic E-state index is -1.03. The molecule has 2 aliphatic carbocycles. The molecule has 9 nitrogen and oxygen atoms in total. The van der Waals surface area contributed by atoms with Gasteiger partial charge in [0.2, 0.25) is 5.79 Å². The lowest BCUT2D eigenvalue weighted by Gasteiger charge is -2.58. The number of carbonyl (C=O) groups excluding carboxylic acids is 1. The Morgan fingerprint density at radius 3 is 2.43 bits per heavy atom. The van der Waals surface area contributed by atoms with E-state index in [4.69, 9.17) is 24.2 Å². The average Bonchev–Trinajstić information content (AvgIpc) is 3.19. The van der Waals surface area contributed by atoms with Crippen molar-refractivity contribution < 1.29 is 34.1 Å². The van der Waals surface area contributed by atoms with Gasteiger partial charge in [-0.1, -0.05) is 97.7 Å². The summed E-state index contributed by atoms with van der Waals surface area (Å²) in [6.07, 6.45) is 9.12. The smallest absolute Gasteiger partial charge is 0.412 e. The number of hydrogen-bond donors (Lipinski definition) is 3. The van der Waals surface area contributed by atoms with Crippen molar-refractivity contribution in [1.29, 1.82) is 0 Å². The van der Waals surface area contributed by atoms with Crippen molar-refractivity contribution in [2.45, 2.75) is 82.0 Å². The molecule has 0 bridgehead atoms. The molecule has 1 aliphatic heterocycles. The zero-order valence-electron chi connectivity index (χ0n) is 31.2. The van der Waals surface area contributed by atoms with Crippen LogP contribution in [0.25, 0.3) is 0 Å². The van der Waals surface area contributed by atoms with E-state index in [0.29, 0.717) is 44.1 Å². The molecule has 0 aromatic heterocycles. The number of fused-ring (bicyclic) bond motifs is 2. The molecule has 6 rings (SSSR count). The Kier molecular flexibility index (Phi) is 14.3. The molecule has 3 aromatic rings. The predicted molar refractivity (Wildman–Crippen MR) is 214 cm³/mol. The van der Waals surface area contributed by atoms with Crippen LogP contribution in [-0.2, 0) is 22.7 Å². The molecule has 3 aliphatic rings. The van der Waals surface area contributed by atoms with E-state index >= 15 is 0 Å². The minimum Gasteiger partial charge on any atom is -0.460 e. The average molecular weight is 755 g/mol. The third-order valence-corrected chi connectivity index (χ3v) is 12.0. The van der Waals surface area contributed by atoms with Gasteiger partial charge in [-0.15, -0.1) is 6.58 Å². The number of unbranched alkanes of at least 4 members (excludes halogenated alkanes) is 2. The second kappa shape index (κ2) is 19.5. The summed E-state index contributed by atoms with van der Waals surface area (Å²) in [4.78, 5) is 19.2. The normalized spacial score (nSPS) is 24.8. The monoisotopic (exact) mass is 754 g/mol. The number of oxime groups is 1. The highest BCUT2D eigenvalue weighted by atomic mass is 32.2. The summed E-state index contributed by atoms with van der Waals surface area (Å²) in [6.45, 7) is 7.43. The third-order valence-electron chi connectivity index (χ3n) is 10.7. The van der Waals surface area contributed by atoms with Gasteiger partial charge < -0.3 is 34.6 Å². The topological polar surface area (TPSA) is 119 Å². The summed E-state index contributed by atoms with van der Waals surface area (Å²) in [5.74, 6) is 0.924. The number of ether oxygens (including phenoxy) is 3. The van der Waals surface area contributed by atoms with Crippen molar-refractivity contribution in [1.82, 2.24) is 5.32 Å². The Morgan fingerprint density at radius 1 is 1.00 bits per heavy atom. The molecule has 1 saturated carbocycles. The number of hydrogen-bond acceptors (Lipinski definition) is 9. The van der Waals surface area contributed by atoms with E-state index in [-0.39, 0.29) is 42.1 Å². The van der Waals surface area contributed by atoms with Crippen LogP contribution in [0.5, 0.6) is 11.5 Å². The Hall–Kier alpha value is -4.09. The Bertz CT molecular complexity index is 1740. The molecule has 6 atom stereocenters. The van der Waals surface area contributed by atoms with Crippen LogP contribution in [0.3, 0.4) is 0 Å². The molecule has 0 spiro atoms. The molecule has 0 radical (unpaired) electrons. The largest absolute Gasteiger partial charge is 0.460 e. The van der Waals surface area contributed by atoms with Gasteiger partial charge in [-0.25, -0.2) is 4.79 Å². The summed E-state index contributed by atoms with van der Waals surface area (Å²) < 4.78 is 20.0. The highest BCUT2D eigenvalue weighted by Crippen LogP contribution is 2.62. The van der Waals surface area contributed by atoms with Gasteiger partial charge in [0.05, 0.1) is 23.5 Å². The maximum absolute atomic E-state index is 13.1. The van der Waals surface area contributed by atoms with E-state index in [2.05, 4.69) is 24.9 Å². The van der Waals surface area contributed by atoms with Crippen LogP contribution in [0.1, 0.15) is 74.5 Å². The zero-order valence-corrected chi connectivity index (χ0v) is 32.1. The highest BCUT2D eigenvalue weighted by Gasteiger charge is 2.63. The molecule has 3 N–H and O–H groups in total. The van der Waals surface area contributed by atoms with Gasteiger partial charge in [-0.3, -0.25) is 0 Å². The second-order valence-corrected chi connectivity index (χ2v) is 15.7. The van der Waals surface area contributed by atoms with Crippen LogP contribution in [0.2, 0.25) is 0 Å². The van der Waals surface area contributed by atoms with Crippen molar-refractivity contribution in [3.63, 3.8) is 0 Å². The van der Waals surface area contributed by atoms with Crippen molar-refractivity contribution in [2.75, 3.05) is 25.6 Å². The number of carbonyl (C=O) groups is 1. The first-order valence-corrected chi connectivity index (χ1v) is 20.4. The van der Waals surface area contributed by atoms with Crippen LogP contribution >= 0.6 is 11.8 Å². The number of aliphatic hydroxyl groups excluding tert-OH is 2. The molecule has 0 saturated heterocycles. The maximum atomic E-state index is 13.1. The number of rotatable bonds is 19. The van der Waals surface area contributed by atoms with Crippen molar-refractivity contribution in [2.24, 2.45) is 22.9 Å². The van der Waals surface area contributed by atoms with Crippen molar-refractivity contribution in [3.8, 4) is 11.5 Å². The van der Waals surface area contributed by atoms with Crippen LogP contribution in [-0.4, -0.2) is 58.6 Å². The van der Waals surface area contributed by atoms with Crippen LogP contribution in [0.15, 0.2) is 108 Å². The summed E-state index contributed by atoms with van der Waals surface area (Å²) in [5.41, 5.74) is 4.94. The summed E-state index contributed by atoms with van der Waals surface area (Å²) in [6, 6.07) is 25.4. The first kappa shape index (κ1) is 39.6. The van der Waals surface area contributed by atoms with Crippen molar-refractivity contribution in [3.05, 3.63) is 120 Å². The first-order valence-electron chi connectivity index (χ1n) is 19.4. The van der Waals surface area contributed by atoms with Gasteiger partial charge in [0.1, 0.15) is 18.1 Å². The Morgan fingerprint density at radius 2 is 1.72 bits per heavy atom. The van der Waals surface area contributed by atoms with Gasteiger partial charge in [0.15, 0.2) is 0 Å². The van der Waals surface area contributed by atoms with Gasteiger partial charge in [0, 0.05) is 37.7 Å². The molecule has 10 heteroatoms. The second-order valence-electron chi connectivity index (χ2n) is 14.2. The van der Waals surface area contributed by atoms with Crippen LogP contribution in [0, 0.1) is 17.8 Å². The lowest BCUT2D eigenvalue weighted by molar-refractivity contribution is -0.223. The van der Waals surface area contributed by atoms with Crippen LogP contribution < -0.4 is 14.8 Å². The standard InChI is InChI=1S/C44H54N2O7S/c1-3-25-50-44-40(54-4-2)28-38(46-51-30-32-17-9-6-10-18-32)36-26-33(19-11-13-23-47)35(20-12-14-24-48)41(42(36)44)37-27-34(21-22-39(37)53-44)52-43(49)45-29-31-15-7-5-8-16-31/h3,5-10,15-18,21-22,26-27,33,35,40-42,47-48H,1,4,11-14,19-20,23-25,28-30H2,2H3,(H,45,49).